The number of hydrogen-bond acceptors (Lipinski definition) is 6. The minimum absolute atomic E-state index is 0.212. The second-order valence-electron chi connectivity index (χ2n) is 7.39. The first-order valence-electron chi connectivity index (χ1n) is 9.52. The smallest absolute Gasteiger partial charge is 0.409 e. The lowest BCUT2D eigenvalue weighted by atomic mass is 9.84. The standard InChI is InChI=1S/C20H27N3O4/c1-2-26-20(25)23-11-16-7-17(12-23)10-22(9-16)13-18(24)14-27-19-5-3-15(8-21)4-6-19/h3-6,16-18,24H,2,7,9-14H2,1H3/t16-,17+,18?. The van der Waals surface area contributed by atoms with Gasteiger partial charge in [0.25, 0.3) is 0 Å². The third kappa shape index (κ3) is 5.34. The number of fused-ring (bicyclic) bond motifs is 2. The van der Waals surface area contributed by atoms with E-state index >= 15 is 0 Å². The van der Waals surface area contributed by atoms with E-state index < -0.39 is 6.10 Å². The van der Waals surface area contributed by atoms with E-state index in [9.17, 15) is 9.90 Å². The number of rotatable bonds is 6. The van der Waals surface area contributed by atoms with E-state index in [0.717, 1.165) is 32.6 Å². The highest BCUT2D eigenvalue weighted by molar-refractivity contribution is 5.67. The fourth-order valence-electron chi connectivity index (χ4n) is 4.07. The van der Waals surface area contributed by atoms with Crippen LogP contribution < -0.4 is 4.74 Å². The van der Waals surface area contributed by atoms with Crippen LogP contribution in [0, 0.1) is 23.2 Å². The maximum absolute atomic E-state index is 12.0. The molecule has 1 N–H and O–H groups in total. The van der Waals surface area contributed by atoms with Crippen LogP contribution in [-0.2, 0) is 4.74 Å². The fraction of sp³-hybridized carbons (Fsp3) is 0.600. The maximum atomic E-state index is 12.0. The van der Waals surface area contributed by atoms with E-state index in [1.54, 1.807) is 24.3 Å². The summed E-state index contributed by atoms with van der Waals surface area (Å²) in [7, 11) is 0. The van der Waals surface area contributed by atoms with E-state index in [2.05, 4.69) is 11.0 Å². The Kier molecular flexibility index (Phi) is 6.54. The van der Waals surface area contributed by atoms with Gasteiger partial charge in [0, 0.05) is 32.7 Å². The molecule has 1 unspecified atom stereocenters. The molecule has 0 aliphatic carbocycles. The van der Waals surface area contributed by atoms with Crippen LogP contribution in [0.3, 0.4) is 0 Å². The van der Waals surface area contributed by atoms with Gasteiger partial charge in [-0.15, -0.1) is 0 Å². The number of piperidine rings is 2. The number of aliphatic hydroxyl groups excluding tert-OH is 1. The lowest BCUT2D eigenvalue weighted by molar-refractivity contribution is -0.00103. The van der Waals surface area contributed by atoms with Crippen LogP contribution in [0.25, 0.3) is 0 Å². The van der Waals surface area contributed by atoms with Gasteiger partial charge in [0.2, 0.25) is 0 Å². The van der Waals surface area contributed by atoms with Crippen LogP contribution in [0.4, 0.5) is 4.79 Å². The Bertz CT molecular complexity index is 659. The summed E-state index contributed by atoms with van der Waals surface area (Å²) in [5.41, 5.74) is 0.583. The number of likely N-dealkylation sites (tertiary alicyclic amines) is 2. The van der Waals surface area contributed by atoms with Crippen LogP contribution in [0.2, 0.25) is 0 Å². The summed E-state index contributed by atoms with van der Waals surface area (Å²) in [6.45, 7) is 6.21. The first-order valence-corrected chi connectivity index (χ1v) is 9.52. The number of aliphatic hydroxyl groups is 1. The Labute approximate surface area is 160 Å². The van der Waals surface area contributed by atoms with Crippen molar-refractivity contribution in [3.63, 3.8) is 0 Å². The molecule has 7 nitrogen and oxygen atoms in total. The summed E-state index contributed by atoms with van der Waals surface area (Å²) < 4.78 is 10.7. The largest absolute Gasteiger partial charge is 0.491 e. The second-order valence-corrected chi connectivity index (χ2v) is 7.39. The van der Waals surface area contributed by atoms with Gasteiger partial charge in [0.05, 0.1) is 18.2 Å². The number of β-amino-alcohol motifs (C(OH)–C–C–N with tert-alkyl or cyclic N) is 1. The number of nitriles is 1. The molecule has 0 saturated carbocycles. The molecule has 2 heterocycles. The number of ether oxygens (including phenoxy) is 2. The van der Waals surface area contributed by atoms with Gasteiger partial charge in [0.15, 0.2) is 0 Å². The van der Waals surface area contributed by atoms with E-state index in [1.807, 2.05) is 11.8 Å². The number of carbonyl (C=O) groups excluding carboxylic acids is 1. The molecule has 3 rings (SSSR count). The molecule has 2 saturated heterocycles. The molecular weight excluding hydrogens is 346 g/mol. The van der Waals surface area contributed by atoms with Crippen LogP contribution in [-0.4, -0.2) is 73.0 Å². The number of carbonyl (C=O) groups is 1. The molecule has 0 radical (unpaired) electrons. The van der Waals surface area contributed by atoms with Gasteiger partial charge in [-0.1, -0.05) is 0 Å². The summed E-state index contributed by atoms with van der Waals surface area (Å²) in [4.78, 5) is 16.1. The monoisotopic (exact) mass is 373 g/mol. The molecule has 2 aliphatic rings. The van der Waals surface area contributed by atoms with Crippen molar-refractivity contribution < 1.29 is 19.4 Å². The quantitative estimate of drug-likeness (QED) is 0.817. The van der Waals surface area contributed by atoms with E-state index in [-0.39, 0.29) is 12.7 Å². The van der Waals surface area contributed by atoms with Gasteiger partial charge < -0.3 is 19.5 Å². The molecular formula is C20H27N3O4. The Morgan fingerprint density at radius 3 is 2.52 bits per heavy atom. The van der Waals surface area contributed by atoms with Gasteiger partial charge in [0.1, 0.15) is 18.5 Å². The third-order valence-corrected chi connectivity index (χ3v) is 5.08. The molecule has 0 spiro atoms. The summed E-state index contributed by atoms with van der Waals surface area (Å²) in [6.07, 6.45) is 0.335. The van der Waals surface area contributed by atoms with E-state index in [1.165, 1.54) is 0 Å². The molecule has 2 fully saturated rings. The van der Waals surface area contributed by atoms with Crippen LogP contribution in [0.1, 0.15) is 18.9 Å². The number of benzene rings is 1. The minimum atomic E-state index is -0.583. The molecule has 7 heteroatoms. The van der Waals surface area contributed by atoms with Crippen molar-refractivity contribution in [3.05, 3.63) is 29.8 Å². The van der Waals surface area contributed by atoms with Gasteiger partial charge in [-0.25, -0.2) is 4.79 Å². The zero-order chi connectivity index (χ0) is 19.2. The number of amides is 1. The zero-order valence-corrected chi connectivity index (χ0v) is 15.7. The molecule has 27 heavy (non-hydrogen) atoms. The van der Waals surface area contributed by atoms with Crippen molar-refractivity contribution in [1.82, 2.24) is 9.80 Å². The van der Waals surface area contributed by atoms with Gasteiger partial charge in [-0.2, -0.15) is 5.26 Å². The Balaban J connectivity index is 1.44. The second kappa shape index (κ2) is 9.07. The lowest BCUT2D eigenvalue weighted by Crippen LogP contribution is -2.55. The average Bonchev–Trinajstić information content (AvgIpc) is 2.66. The average molecular weight is 373 g/mol. The molecule has 3 atom stereocenters. The predicted molar refractivity (Wildman–Crippen MR) is 99.3 cm³/mol. The Morgan fingerprint density at radius 1 is 1.26 bits per heavy atom. The van der Waals surface area contributed by atoms with Crippen molar-refractivity contribution in [1.29, 1.82) is 5.26 Å². The fourth-order valence-corrected chi connectivity index (χ4v) is 4.07. The molecule has 1 amide bonds. The molecule has 146 valence electrons. The summed E-state index contributed by atoms with van der Waals surface area (Å²) in [5, 5.41) is 19.1. The van der Waals surface area contributed by atoms with Gasteiger partial charge >= 0.3 is 6.09 Å². The lowest BCUT2D eigenvalue weighted by Gasteiger charge is -2.45. The Morgan fingerprint density at radius 2 is 1.93 bits per heavy atom. The minimum Gasteiger partial charge on any atom is -0.491 e. The first-order chi connectivity index (χ1) is 13.1. The zero-order valence-electron chi connectivity index (χ0n) is 15.7. The highest BCUT2D eigenvalue weighted by Crippen LogP contribution is 2.29. The normalized spacial score (nSPS) is 23.4. The first kappa shape index (κ1) is 19.5. The van der Waals surface area contributed by atoms with Crippen LogP contribution >= 0.6 is 0 Å². The van der Waals surface area contributed by atoms with Gasteiger partial charge in [-0.3, -0.25) is 4.90 Å². The number of hydrogen-bond donors (Lipinski definition) is 1. The maximum Gasteiger partial charge on any atom is 0.409 e. The van der Waals surface area contributed by atoms with Crippen molar-refractivity contribution in [2.75, 3.05) is 45.9 Å². The Hall–Kier alpha value is -2.30. The van der Waals surface area contributed by atoms with Crippen LogP contribution in [0.5, 0.6) is 5.75 Å². The van der Waals surface area contributed by atoms with Crippen molar-refractivity contribution >= 4 is 6.09 Å². The van der Waals surface area contributed by atoms with Crippen molar-refractivity contribution in [3.8, 4) is 11.8 Å². The summed E-state index contributed by atoms with van der Waals surface area (Å²) in [5.74, 6) is 1.50. The highest BCUT2D eigenvalue weighted by atomic mass is 16.6. The van der Waals surface area contributed by atoms with Crippen LogP contribution in [0.15, 0.2) is 24.3 Å². The van der Waals surface area contributed by atoms with Crippen molar-refractivity contribution in [2.45, 2.75) is 19.4 Å². The third-order valence-electron chi connectivity index (χ3n) is 5.08. The SMILES string of the molecule is CCOC(=O)N1C[C@@H]2C[C@@H](CN(CC(O)COc3ccc(C#N)cc3)C2)C1. The van der Waals surface area contributed by atoms with Gasteiger partial charge in [-0.05, 0) is 49.4 Å². The number of nitrogens with zero attached hydrogens (tertiary/aromatic N) is 3. The topological polar surface area (TPSA) is 86.0 Å². The van der Waals surface area contributed by atoms with E-state index in [4.69, 9.17) is 14.7 Å². The molecule has 1 aromatic carbocycles. The van der Waals surface area contributed by atoms with Crippen molar-refractivity contribution in [2.24, 2.45) is 11.8 Å². The predicted octanol–water partition coefficient (Wildman–Crippen LogP) is 1.71. The molecule has 2 aliphatic heterocycles. The summed E-state index contributed by atoms with van der Waals surface area (Å²) in [6, 6.07) is 8.93. The molecule has 2 bridgehead atoms. The highest BCUT2D eigenvalue weighted by Gasteiger charge is 2.36. The van der Waals surface area contributed by atoms with E-state index in [0.29, 0.717) is 36.3 Å². The molecule has 0 aromatic heterocycles. The molecule has 1 aromatic rings. The summed E-state index contributed by atoms with van der Waals surface area (Å²) >= 11 is 0.